The van der Waals surface area contributed by atoms with Crippen LogP contribution in [0.25, 0.3) is 5.69 Å². The van der Waals surface area contributed by atoms with Gasteiger partial charge in [0.25, 0.3) is 0 Å². The lowest BCUT2D eigenvalue weighted by Gasteiger charge is -2.36. The summed E-state index contributed by atoms with van der Waals surface area (Å²) in [6.07, 6.45) is 3.62. The summed E-state index contributed by atoms with van der Waals surface area (Å²) in [5, 5.41) is 45.4. The third-order valence-corrected chi connectivity index (χ3v) is 5.23. The maximum absolute atomic E-state index is 11.2. The Kier molecular flexibility index (Phi) is 2.86. The molecule has 132 valence electrons. The van der Waals surface area contributed by atoms with E-state index >= 15 is 0 Å². The average Bonchev–Trinajstić information content (AvgIpc) is 3.21. The third-order valence-electron chi connectivity index (χ3n) is 5.23. The summed E-state index contributed by atoms with van der Waals surface area (Å²) in [5.41, 5.74) is 1.49. The van der Waals surface area contributed by atoms with E-state index in [1.807, 2.05) is 0 Å². The van der Waals surface area contributed by atoms with Gasteiger partial charge in [0.15, 0.2) is 11.5 Å². The molecule has 0 radical (unpaired) electrons. The molecule has 1 aliphatic carbocycles. The Morgan fingerprint density at radius 3 is 2.62 bits per heavy atom. The Morgan fingerprint density at radius 1 is 1.04 bits per heavy atom. The zero-order chi connectivity index (χ0) is 18.1. The van der Waals surface area contributed by atoms with Crippen LogP contribution in [-0.4, -0.2) is 42.4 Å². The predicted octanol–water partition coefficient (Wildman–Crippen LogP) is 1.80. The lowest BCUT2D eigenvalue weighted by molar-refractivity contribution is -0.0218. The number of ether oxygens (including phenoxy) is 1. The zero-order valence-electron chi connectivity index (χ0n) is 13.6. The molecule has 0 unspecified atom stereocenters. The van der Waals surface area contributed by atoms with Crippen molar-refractivity contribution < 1.29 is 25.2 Å². The molecular formula is C19H16N2O5. The van der Waals surface area contributed by atoms with Gasteiger partial charge in [0, 0.05) is 36.4 Å². The first-order valence-corrected chi connectivity index (χ1v) is 8.23. The minimum atomic E-state index is -1.19. The highest BCUT2D eigenvalue weighted by Crippen LogP contribution is 2.53. The van der Waals surface area contributed by atoms with Crippen LogP contribution in [0.1, 0.15) is 22.6 Å². The number of nitrogens with zero attached hydrogens (tertiary/aromatic N) is 2. The van der Waals surface area contributed by atoms with Crippen molar-refractivity contribution in [2.45, 2.75) is 17.9 Å². The van der Waals surface area contributed by atoms with E-state index in [4.69, 9.17) is 4.74 Å². The standard InChI is InChI=1S/C19H16N2O5/c22-14-7-17-12(5-13(14)21-3-1-2-20-21)18-11-6-16(24)15(23)4-10(11)8-19(18,25)9-26-17/h1-7,18,22-25H,8-9H2/t18-,19-/m1/s1. The molecule has 3 aromatic rings. The largest absolute Gasteiger partial charge is 0.506 e. The van der Waals surface area contributed by atoms with Gasteiger partial charge in [-0.2, -0.15) is 5.10 Å². The minimum Gasteiger partial charge on any atom is -0.506 e. The fraction of sp³-hybridized carbons (Fsp3) is 0.211. The molecule has 7 heteroatoms. The number of hydrogen-bond donors (Lipinski definition) is 4. The first kappa shape index (κ1) is 15.1. The average molecular weight is 352 g/mol. The van der Waals surface area contributed by atoms with E-state index in [2.05, 4.69) is 5.10 Å². The van der Waals surface area contributed by atoms with Crippen LogP contribution in [0.3, 0.4) is 0 Å². The molecule has 0 saturated heterocycles. The second-order valence-electron chi connectivity index (χ2n) is 6.87. The van der Waals surface area contributed by atoms with Crippen molar-refractivity contribution in [3.8, 4) is 28.7 Å². The van der Waals surface area contributed by atoms with Crippen LogP contribution >= 0.6 is 0 Å². The lowest BCUT2D eigenvalue weighted by atomic mass is 9.80. The summed E-state index contributed by atoms with van der Waals surface area (Å²) in [5.74, 6) is -0.386. The first-order valence-electron chi connectivity index (χ1n) is 8.23. The van der Waals surface area contributed by atoms with Gasteiger partial charge in [0.1, 0.15) is 29.4 Å². The summed E-state index contributed by atoms with van der Waals surface area (Å²) in [6, 6.07) is 7.98. The second kappa shape index (κ2) is 4.92. The summed E-state index contributed by atoms with van der Waals surface area (Å²) in [7, 11) is 0. The highest BCUT2D eigenvalue weighted by atomic mass is 16.5. The number of aromatic hydroxyl groups is 3. The van der Waals surface area contributed by atoms with E-state index in [0.717, 1.165) is 11.1 Å². The van der Waals surface area contributed by atoms with E-state index in [1.54, 1.807) is 24.5 Å². The van der Waals surface area contributed by atoms with Crippen molar-refractivity contribution in [2.24, 2.45) is 0 Å². The molecule has 0 spiro atoms. The van der Waals surface area contributed by atoms with Crippen LogP contribution in [0.5, 0.6) is 23.0 Å². The van der Waals surface area contributed by atoms with Gasteiger partial charge in [0.2, 0.25) is 0 Å². The predicted molar refractivity (Wildman–Crippen MR) is 91.0 cm³/mol. The molecule has 1 aromatic heterocycles. The van der Waals surface area contributed by atoms with Gasteiger partial charge < -0.3 is 25.2 Å². The van der Waals surface area contributed by atoms with Gasteiger partial charge in [-0.1, -0.05) is 0 Å². The molecule has 2 heterocycles. The van der Waals surface area contributed by atoms with Crippen LogP contribution in [0, 0.1) is 0 Å². The quantitative estimate of drug-likeness (QED) is 0.498. The van der Waals surface area contributed by atoms with Crippen LogP contribution in [0.4, 0.5) is 0 Å². The van der Waals surface area contributed by atoms with Crippen molar-refractivity contribution in [1.82, 2.24) is 9.78 Å². The van der Waals surface area contributed by atoms with Gasteiger partial charge in [-0.15, -0.1) is 0 Å². The smallest absolute Gasteiger partial charge is 0.157 e. The Bertz CT molecular complexity index is 1030. The van der Waals surface area contributed by atoms with E-state index in [9.17, 15) is 20.4 Å². The molecule has 2 aliphatic rings. The van der Waals surface area contributed by atoms with Gasteiger partial charge in [-0.3, -0.25) is 0 Å². The van der Waals surface area contributed by atoms with E-state index in [1.165, 1.54) is 22.9 Å². The summed E-state index contributed by atoms with van der Waals surface area (Å²) in [4.78, 5) is 0. The zero-order valence-corrected chi connectivity index (χ0v) is 13.6. The first-order chi connectivity index (χ1) is 12.5. The van der Waals surface area contributed by atoms with E-state index < -0.39 is 11.5 Å². The van der Waals surface area contributed by atoms with Crippen LogP contribution in [-0.2, 0) is 6.42 Å². The van der Waals surface area contributed by atoms with Crippen molar-refractivity contribution in [1.29, 1.82) is 0 Å². The van der Waals surface area contributed by atoms with Gasteiger partial charge in [-0.25, -0.2) is 4.68 Å². The molecule has 0 fully saturated rings. The third kappa shape index (κ3) is 1.94. The monoisotopic (exact) mass is 352 g/mol. The molecule has 0 bridgehead atoms. The highest BCUT2D eigenvalue weighted by molar-refractivity contribution is 5.62. The van der Waals surface area contributed by atoms with Crippen molar-refractivity contribution in [3.05, 3.63) is 59.4 Å². The van der Waals surface area contributed by atoms with E-state index in [-0.39, 0.29) is 23.9 Å². The van der Waals surface area contributed by atoms with Crippen molar-refractivity contribution in [3.63, 3.8) is 0 Å². The summed E-state index contributed by atoms with van der Waals surface area (Å²) >= 11 is 0. The molecule has 4 N–H and O–H groups in total. The molecule has 26 heavy (non-hydrogen) atoms. The Labute approximate surface area is 148 Å². The molecule has 5 rings (SSSR count). The highest BCUT2D eigenvalue weighted by Gasteiger charge is 2.50. The number of aromatic nitrogens is 2. The topological polar surface area (TPSA) is 108 Å². The molecule has 0 amide bonds. The second-order valence-corrected chi connectivity index (χ2v) is 6.87. The number of benzene rings is 2. The summed E-state index contributed by atoms with van der Waals surface area (Å²) in [6.45, 7) is 0.0570. The maximum Gasteiger partial charge on any atom is 0.157 e. The SMILES string of the molecule is Oc1cc2c(cc1O)[C@@H]1c3cc(-n4cccn4)c(O)cc3OC[C@]1(O)C2. The molecule has 0 saturated carbocycles. The normalized spacial score (nSPS) is 23.0. The Hall–Kier alpha value is -3.19. The lowest BCUT2D eigenvalue weighted by Crippen LogP contribution is -2.43. The van der Waals surface area contributed by atoms with E-state index in [0.29, 0.717) is 23.4 Å². The molecule has 2 atom stereocenters. The van der Waals surface area contributed by atoms with Crippen molar-refractivity contribution >= 4 is 0 Å². The number of phenolic OH excluding ortho intramolecular Hbond substituents is 3. The number of rotatable bonds is 1. The van der Waals surface area contributed by atoms with Crippen LogP contribution in [0.15, 0.2) is 42.7 Å². The Balaban J connectivity index is 1.74. The van der Waals surface area contributed by atoms with Crippen LogP contribution < -0.4 is 4.74 Å². The van der Waals surface area contributed by atoms with Crippen molar-refractivity contribution in [2.75, 3.05) is 6.61 Å². The van der Waals surface area contributed by atoms with Gasteiger partial charge in [0.05, 0.1) is 0 Å². The minimum absolute atomic E-state index is 0.0182. The summed E-state index contributed by atoms with van der Waals surface area (Å²) < 4.78 is 7.26. The number of fused-ring (bicyclic) bond motifs is 5. The number of hydrogen-bond acceptors (Lipinski definition) is 6. The maximum atomic E-state index is 11.2. The van der Waals surface area contributed by atoms with Crippen LogP contribution in [0.2, 0.25) is 0 Å². The van der Waals surface area contributed by atoms with Gasteiger partial charge >= 0.3 is 0 Å². The fourth-order valence-electron chi connectivity index (χ4n) is 4.09. The van der Waals surface area contributed by atoms with Gasteiger partial charge in [-0.05, 0) is 35.4 Å². The Morgan fingerprint density at radius 2 is 1.85 bits per heavy atom. The fourth-order valence-corrected chi connectivity index (χ4v) is 4.09. The molecular weight excluding hydrogens is 336 g/mol. The number of aliphatic hydroxyl groups is 1. The molecule has 7 nitrogen and oxygen atoms in total. The molecule has 2 aromatic carbocycles. The number of phenols is 3. The molecule has 1 aliphatic heterocycles.